The van der Waals surface area contributed by atoms with Crippen molar-refractivity contribution in [1.82, 2.24) is 10.2 Å². The fourth-order valence-corrected chi connectivity index (χ4v) is 3.18. The third-order valence-electron chi connectivity index (χ3n) is 4.47. The summed E-state index contributed by atoms with van der Waals surface area (Å²) in [5.74, 6) is 2.40. The van der Waals surface area contributed by atoms with Gasteiger partial charge in [0.15, 0.2) is 0 Å². The van der Waals surface area contributed by atoms with Gasteiger partial charge in [-0.15, -0.1) is 0 Å². The number of rotatable bonds is 5. The first-order chi connectivity index (χ1) is 12.1. The van der Waals surface area contributed by atoms with Gasteiger partial charge in [-0.05, 0) is 37.1 Å². The van der Waals surface area contributed by atoms with E-state index in [0.717, 1.165) is 23.5 Å². The number of aryl methyl sites for hydroxylation is 1. The summed E-state index contributed by atoms with van der Waals surface area (Å²) in [5.41, 5.74) is 2.31. The Kier molecular flexibility index (Phi) is 5.28. The summed E-state index contributed by atoms with van der Waals surface area (Å²) in [7, 11) is 3.29. The normalized spacial score (nSPS) is 14.8. The zero-order valence-electron chi connectivity index (χ0n) is 14.9. The first-order valence-electron chi connectivity index (χ1n) is 8.38. The molecule has 1 N–H and O–H groups in total. The molecule has 1 aliphatic rings. The molecule has 1 aliphatic heterocycles. The van der Waals surface area contributed by atoms with Crippen molar-refractivity contribution in [2.24, 2.45) is 0 Å². The molecule has 2 amide bonds. The van der Waals surface area contributed by atoms with Crippen molar-refractivity contribution in [3.8, 4) is 5.75 Å². The van der Waals surface area contributed by atoms with Gasteiger partial charge in [-0.2, -0.15) is 0 Å². The van der Waals surface area contributed by atoms with Crippen molar-refractivity contribution < 1.29 is 18.7 Å². The first-order valence-corrected chi connectivity index (χ1v) is 8.38. The van der Waals surface area contributed by atoms with E-state index in [1.165, 1.54) is 5.56 Å². The van der Waals surface area contributed by atoms with Gasteiger partial charge < -0.3 is 24.1 Å². The van der Waals surface area contributed by atoms with Gasteiger partial charge in [-0.3, -0.25) is 0 Å². The number of hydrogen-bond acceptors (Lipinski definition) is 4. The monoisotopic (exact) mass is 344 g/mol. The molecular formula is C19H24N2O4. The van der Waals surface area contributed by atoms with Gasteiger partial charge in [0.1, 0.15) is 23.3 Å². The van der Waals surface area contributed by atoms with Gasteiger partial charge >= 0.3 is 6.03 Å². The van der Waals surface area contributed by atoms with Crippen LogP contribution in [0.4, 0.5) is 4.79 Å². The topological polar surface area (TPSA) is 63.9 Å². The van der Waals surface area contributed by atoms with E-state index >= 15 is 0 Å². The number of amides is 2. The van der Waals surface area contributed by atoms with E-state index in [0.29, 0.717) is 25.5 Å². The molecular weight excluding hydrogens is 320 g/mol. The fourth-order valence-electron chi connectivity index (χ4n) is 3.18. The number of urea groups is 1. The Bertz CT molecular complexity index is 741. The van der Waals surface area contributed by atoms with Crippen molar-refractivity contribution in [3.05, 3.63) is 53.0 Å². The molecule has 1 aromatic heterocycles. The maximum atomic E-state index is 12.7. The van der Waals surface area contributed by atoms with Crippen molar-refractivity contribution in [2.75, 3.05) is 27.4 Å². The highest BCUT2D eigenvalue weighted by molar-refractivity contribution is 5.75. The number of methoxy groups -OCH3 is 2. The number of furan rings is 1. The summed E-state index contributed by atoms with van der Waals surface area (Å²) < 4.78 is 16.3. The number of hydrogen-bond donors (Lipinski definition) is 1. The highest BCUT2D eigenvalue weighted by Gasteiger charge is 2.26. The minimum absolute atomic E-state index is 0.121. The summed E-state index contributed by atoms with van der Waals surface area (Å²) in [6.45, 7) is 3.45. The van der Waals surface area contributed by atoms with Gasteiger partial charge in [-0.1, -0.05) is 12.1 Å². The Labute approximate surface area is 147 Å². The molecule has 0 spiro atoms. The Balaban J connectivity index is 1.70. The quantitative estimate of drug-likeness (QED) is 0.905. The van der Waals surface area contributed by atoms with Crippen molar-refractivity contribution >= 4 is 6.03 Å². The van der Waals surface area contributed by atoms with Crippen LogP contribution in [0.1, 0.15) is 28.7 Å². The van der Waals surface area contributed by atoms with Gasteiger partial charge in [0.05, 0.1) is 13.7 Å². The minimum atomic E-state index is -0.307. The Morgan fingerprint density at radius 3 is 2.84 bits per heavy atom. The van der Waals surface area contributed by atoms with E-state index in [2.05, 4.69) is 5.32 Å². The fraction of sp³-hybridized carbons (Fsp3) is 0.421. The second kappa shape index (κ2) is 7.61. The highest BCUT2D eigenvalue weighted by Crippen LogP contribution is 2.28. The van der Waals surface area contributed by atoms with Crippen molar-refractivity contribution in [2.45, 2.75) is 25.9 Å². The van der Waals surface area contributed by atoms with E-state index in [4.69, 9.17) is 13.9 Å². The third-order valence-corrected chi connectivity index (χ3v) is 4.47. The molecule has 6 heteroatoms. The molecule has 6 nitrogen and oxygen atoms in total. The van der Waals surface area contributed by atoms with Crippen LogP contribution in [0.2, 0.25) is 0 Å². The van der Waals surface area contributed by atoms with E-state index < -0.39 is 0 Å². The van der Waals surface area contributed by atoms with Crippen LogP contribution in [0.5, 0.6) is 5.75 Å². The summed E-state index contributed by atoms with van der Waals surface area (Å²) in [6, 6.07) is 9.28. The van der Waals surface area contributed by atoms with Crippen LogP contribution in [0.15, 0.2) is 34.7 Å². The molecule has 0 bridgehead atoms. The Morgan fingerprint density at radius 1 is 1.32 bits per heavy atom. The van der Waals surface area contributed by atoms with Crippen LogP contribution in [0.25, 0.3) is 0 Å². The Hall–Kier alpha value is -2.47. The molecule has 2 heterocycles. The summed E-state index contributed by atoms with van der Waals surface area (Å²) in [4.78, 5) is 14.5. The van der Waals surface area contributed by atoms with E-state index in [9.17, 15) is 4.79 Å². The molecule has 2 aromatic rings. The van der Waals surface area contributed by atoms with Crippen molar-refractivity contribution in [1.29, 1.82) is 0 Å². The van der Waals surface area contributed by atoms with E-state index in [-0.39, 0.29) is 12.1 Å². The molecule has 25 heavy (non-hydrogen) atoms. The minimum Gasteiger partial charge on any atom is -0.496 e. The largest absolute Gasteiger partial charge is 0.496 e. The number of fused-ring (bicyclic) bond motifs is 1. The van der Waals surface area contributed by atoms with Gasteiger partial charge in [-0.25, -0.2) is 4.79 Å². The predicted octanol–water partition coefficient (Wildman–Crippen LogP) is 3.05. The Morgan fingerprint density at radius 2 is 2.16 bits per heavy atom. The van der Waals surface area contributed by atoms with E-state index in [1.807, 2.05) is 37.3 Å². The van der Waals surface area contributed by atoms with E-state index in [1.54, 1.807) is 19.1 Å². The van der Waals surface area contributed by atoms with Crippen LogP contribution in [0.3, 0.4) is 0 Å². The molecule has 0 fully saturated rings. The highest BCUT2D eigenvalue weighted by atomic mass is 16.5. The van der Waals surface area contributed by atoms with Crippen LogP contribution < -0.4 is 10.1 Å². The van der Waals surface area contributed by atoms with Crippen LogP contribution >= 0.6 is 0 Å². The molecule has 1 aromatic carbocycles. The van der Waals surface area contributed by atoms with Crippen LogP contribution in [-0.4, -0.2) is 38.3 Å². The smallest absolute Gasteiger partial charge is 0.318 e. The van der Waals surface area contributed by atoms with Crippen LogP contribution in [-0.2, 0) is 17.7 Å². The molecule has 1 atom stereocenters. The number of carbonyl (C=O) groups excluding carboxylic acids is 1. The van der Waals surface area contributed by atoms with Gasteiger partial charge in [0, 0.05) is 25.8 Å². The number of nitrogens with one attached hydrogen (secondary N) is 1. The second-order valence-electron chi connectivity index (χ2n) is 6.18. The average molecular weight is 344 g/mol. The molecule has 134 valence electrons. The lowest BCUT2D eigenvalue weighted by Gasteiger charge is -2.31. The summed E-state index contributed by atoms with van der Waals surface area (Å²) >= 11 is 0. The zero-order valence-corrected chi connectivity index (χ0v) is 14.9. The molecule has 0 aliphatic carbocycles. The lowest BCUT2D eigenvalue weighted by molar-refractivity contribution is 0.144. The van der Waals surface area contributed by atoms with Crippen molar-refractivity contribution in [3.63, 3.8) is 0 Å². The third kappa shape index (κ3) is 3.79. The number of benzene rings is 1. The van der Waals surface area contributed by atoms with Crippen LogP contribution in [0, 0.1) is 6.92 Å². The second-order valence-corrected chi connectivity index (χ2v) is 6.18. The number of carbonyl (C=O) groups is 1. The lowest BCUT2D eigenvalue weighted by atomic mass is 9.99. The molecule has 0 saturated heterocycles. The maximum absolute atomic E-state index is 12.7. The average Bonchev–Trinajstić information content (AvgIpc) is 3.06. The molecule has 0 saturated carbocycles. The first kappa shape index (κ1) is 17.4. The zero-order chi connectivity index (χ0) is 17.8. The predicted molar refractivity (Wildman–Crippen MR) is 93.7 cm³/mol. The molecule has 0 unspecified atom stereocenters. The molecule has 0 radical (unpaired) electrons. The lowest BCUT2D eigenvalue weighted by Crippen LogP contribution is -2.44. The number of nitrogens with zero attached hydrogens (tertiary/aromatic N) is 1. The SMILES string of the molecule is COC[C@H](NC(=O)N1CCc2c(cccc2OC)C1)c1ccc(C)o1. The van der Waals surface area contributed by atoms with Gasteiger partial charge in [0.2, 0.25) is 0 Å². The number of ether oxygens (including phenoxy) is 2. The molecule has 3 rings (SSSR count). The maximum Gasteiger partial charge on any atom is 0.318 e. The standard InChI is InChI=1S/C19H24N2O4/c1-13-7-8-18(25-13)16(12-23-2)20-19(22)21-10-9-15-14(11-21)5-4-6-17(15)24-3/h4-8,16H,9-12H2,1-3H3,(H,20,22)/t16-/m0/s1. The summed E-state index contributed by atoms with van der Waals surface area (Å²) in [5, 5.41) is 3.01. The summed E-state index contributed by atoms with van der Waals surface area (Å²) in [6.07, 6.45) is 0.779. The van der Waals surface area contributed by atoms with Gasteiger partial charge in [0.25, 0.3) is 0 Å².